The molecule has 186 valence electrons. The summed E-state index contributed by atoms with van der Waals surface area (Å²) in [6.45, 7) is 0.269. The van der Waals surface area contributed by atoms with Gasteiger partial charge in [-0.05, 0) is 19.3 Å². The fraction of sp³-hybridized carbons (Fsp3) is 0.667. The van der Waals surface area contributed by atoms with Gasteiger partial charge in [-0.15, -0.1) is 0 Å². The molecule has 0 spiro atoms. The van der Waals surface area contributed by atoms with Gasteiger partial charge in [0, 0.05) is 39.3 Å². The van der Waals surface area contributed by atoms with Crippen LogP contribution in [0.4, 0.5) is 14.4 Å². The van der Waals surface area contributed by atoms with Crippen molar-refractivity contribution in [1.29, 1.82) is 0 Å². The molecule has 0 saturated heterocycles. The van der Waals surface area contributed by atoms with Crippen LogP contribution in [0, 0.1) is 0 Å². The highest BCUT2D eigenvalue weighted by Crippen LogP contribution is 1.88. The van der Waals surface area contributed by atoms with Crippen molar-refractivity contribution in [3.8, 4) is 0 Å². The molecule has 33 heavy (non-hydrogen) atoms. The van der Waals surface area contributed by atoms with E-state index in [0.29, 0.717) is 0 Å². The standard InChI is InChI=1S/C18H30N6O9/c1-31-13(25)19-7-4-10-22-16(28)23(11-5-8-20-14(26)32-2)18(30)24(17(22)29)12-6-9-21-15(27)33-3/h4-12H2,1-3H3,(H,19,25)(H,20,26)(H,21,27). The number of carbonyl (C=O) groups excluding carboxylic acids is 3. The van der Waals surface area contributed by atoms with Crippen molar-refractivity contribution in [3.05, 3.63) is 31.5 Å². The van der Waals surface area contributed by atoms with Gasteiger partial charge < -0.3 is 30.2 Å². The molecule has 3 amide bonds. The van der Waals surface area contributed by atoms with E-state index >= 15 is 0 Å². The normalized spacial score (nSPS) is 10.3. The van der Waals surface area contributed by atoms with E-state index in [4.69, 9.17) is 0 Å². The van der Waals surface area contributed by atoms with Gasteiger partial charge in [-0.3, -0.25) is 0 Å². The number of hydrogen-bond acceptors (Lipinski definition) is 9. The number of nitrogens with one attached hydrogen (secondary N) is 3. The number of alkyl carbamates (subject to hydrolysis) is 3. The lowest BCUT2D eigenvalue weighted by molar-refractivity contribution is 0.170. The number of aromatic nitrogens is 3. The van der Waals surface area contributed by atoms with Crippen molar-refractivity contribution in [3.63, 3.8) is 0 Å². The molecule has 0 saturated carbocycles. The number of hydrogen-bond donors (Lipinski definition) is 3. The first kappa shape index (κ1) is 27.3. The van der Waals surface area contributed by atoms with E-state index in [0.717, 1.165) is 13.7 Å². The highest BCUT2D eigenvalue weighted by molar-refractivity contribution is 5.67. The number of amides is 3. The maximum absolute atomic E-state index is 12.8. The Kier molecular flexibility index (Phi) is 11.8. The van der Waals surface area contributed by atoms with E-state index in [1.165, 1.54) is 21.3 Å². The Morgan fingerprint density at radius 3 is 1.03 bits per heavy atom. The van der Waals surface area contributed by atoms with Crippen molar-refractivity contribution >= 4 is 18.3 Å². The SMILES string of the molecule is COC(=O)NCCCn1c(=O)n(CCCNC(=O)OC)c(=O)n(CCCNC(=O)OC)c1=O. The summed E-state index contributed by atoms with van der Waals surface area (Å²) in [6.07, 6.45) is -1.26. The largest absolute Gasteiger partial charge is 0.453 e. The van der Waals surface area contributed by atoms with Crippen LogP contribution in [0.3, 0.4) is 0 Å². The highest BCUT2D eigenvalue weighted by Gasteiger charge is 2.15. The first-order valence-electron chi connectivity index (χ1n) is 10.2. The molecule has 0 bridgehead atoms. The van der Waals surface area contributed by atoms with Gasteiger partial charge in [0.15, 0.2) is 0 Å². The van der Waals surface area contributed by atoms with Crippen LogP contribution in [0.15, 0.2) is 14.4 Å². The van der Waals surface area contributed by atoms with E-state index in [2.05, 4.69) is 30.2 Å². The van der Waals surface area contributed by atoms with Crippen molar-refractivity contribution in [2.75, 3.05) is 41.0 Å². The van der Waals surface area contributed by atoms with Crippen LogP contribution in [0.2, 0.25) is 0 Å². The molecular weight excluding hydrogens is 444 g/mol. The van der Waals surface area contributed by atoms with Crippen LogP contribution < -0.4 is 33.0 Å². The molecule has 0 atom stereocenters. The van der Waals surface area contributed by atoms with Crippen molar-refractivity contribution < 1.29 is 28.6 Å². The van der Waals surface area contributed by atoms with Crippen LogP contribution in [-0.2, 0) is 33.8 Å². The third kappa shape index (κ3) is 8.70. The predicted octanol–water partition coefficient (Wildman–Crippen LogP) is -1.59. The molecule has 1 rings (SSSR count). The van der Waals surface area contributed by atoms with Gasteiger partial charge in [-0.1, -0.05) is 0 Å². The minimum Gasteiger partial charge on any atom is -0.453 e. The average Bonchev–Trinajstić information content (AvgIpc) is 2.81. The second-order valence-electron chi connectivity index (χ2n) is 6.62. The summed E-state index contributed by atoms with van der Waals surface area (Å²) in [5.41, 5.74) is -2.40. The van der Waals surface area contributed by atoms with E-state index in [1.807, 2.05) is 0 Å². The third-order valence-electron chi connectivity index (χ3n) is 4.43. The molecule has 15 nitrogen and oxygen atoms in total. The summed E-state index contributed by atoms with van der Waals surface area (Å²) in [5, 5.41) is 7.32. The Hall–Kier alpha value is -3.78. The fourth-order valence-electron chi connectivity index (χ4n) is 2.76. The number of methoxy groups -OCH3 is 3. The second-order valence-corrected chi connectivity index (χ2v) is 6.62. The quantitative estimate of drug-likeness (QED) is 0.238. The maximum Gasteiger partial charge on any atom is 0.406 e. The summed E-state index contributed by atoms with van der Waals surface area (Å²) in [4.78, 5) is 71.9. The smallest absolute Gasteiger partial charge is 0.406 e. The molecule has 1 aromatic heterocycles. The van der Waals surface area contributed by atoms with E-state index in [1.54, 1.807) is 0 Å². The lowest BCUT2D eigenvalue weighted by Gasteiger charge is -2.14. The molecule has 0 radical (unpaired) electrons. The van der Waals surface area contributed by atoms with E-state index in [-0.39, 0.29) is 58.5 Å². The predicted molar refractivity (Wildman–Crippen MR) is 114 cm³/mol. The van der Waals surface area contributed by atoms with Gasteiger partial charge in [-0.25, -0.2) is 42.5 Å². The Bertz CT molecular complexity index is 827. The maximum atomic E-state index is 12.8. The van der Waals surface area contributed by atoms with Crippen molar-refractivity contribution in [2.45, 2.75) is 38.9 Å². The molecular formula is C18H30N6O9. The Morgan fingerprint density at radius 1 is 0.576 bits per heavy atom. The highest BCUT2D eigenvalue weighted by atomic mass is 16.5. The molecule has 0 aliphatic carbocycles. The Labute approximate surface area is 188 Å². The van der Waals surface area contributed by atoms with Crippen molar-refractivity contribution in [2.24, 2.45) is 0 Å². The van der Waals surface area contributed by atoms with Crippen LogP contribution in [-0.4, -0.2) is 72.9 Å². The van der Waals surface area contributed by atoms with Crippen LogP contribution in [0.1, 0.15) is 19.3 Å². The molecule has 3 N–H and O–H groups in total. The lowest BCUT2D eigenvalue weighted by atomic mass is 10.4. The number of carbonyl (C=O) groups is 3. The van der Waals surface area contributed by atoms with Gasteiger partial charge in [0.05, 0.1) is 21.3 Å². The molecule has 15 heteroatoms. The van der Waals surface area contributed by atoms with Gasteiger partial charge in [0.1, 0.15) is 0 Å². The fourth-order valence-corrected chi connectivity index (χ4v) is 2.76. The summed E-state index contributed by atoms with van der Waals surface area (Å²) < 4.78 is 16.1. The first-order valence-corrected chi connectivity index (χ1v) is 10.2. The Morgan fingerprint density at radius 2 is 0.818 bits per heavy atom. The van der Waals surface area contributed by atoms with Crippen LogP contribution >= 0.6 is 0 Å². The van der Waals surface area contributed by atoms with E-state index in [9.17, 15) is 28.8 Å². The summed E-state index contributed by atoms with van der Waals surface area (Å²) in [7, 11) is 3.62. The van der Waals surface area contributed by atoms with Gasteiger partial charge >= 0.3 is 35.3 Å². The van der Waals surface area contributed by atoms with Gasteiger partial charge in [-0.2, -0.15) is 0 Å². The van der Waals surface area contributed by atoms with Crippen LogP contribution in [0.5, 0.6) is 0 Å². The lowest BCUT2D eigenvalue weighted by Crippen LogP contribution is -2.55. The minimum atomic E-state index is -0.801. The molecule has 0 aliphatic heterocycles. The zero-order valence-electron chi connectivity index (χ0n) is 18.9. The number of rotatable bonds is 12. The zero-order chi connectivity index (χ0) is 24.8. The summed E-state index contributed by atoms with van der Waals surface area (Å²) in [6, 6.07) is 0. The third-order valence-corrected chi connectivity index (χ3v) is 4.43. The molecule has 0 aliphatic rings. The second kappa shape index (κ2) is 14.3. The molecule has 0 fully saturated rings. The van der Waals surface area contributed by atoms with E-state index < -0.39 is 35.3 Å². The minimum absolute atomic E-state index is 0.0528. The van der Waals surface area contributed by atoms with Gasteiger partial charge in [0.2, 0.25) is 0 Å². The summed E-state index contributed by atoms with van der Waals surface area (Å²) in [5.74, 6) is 0. The summed E-state index contributed by atoms with van der Waals surface area (Å²) >= 11 is 0. The first-order chi connectivity index (χ1) is 15.8. The zero-order valence-corrected chi connectivity index (χ0v) is 18.9. The molecule has 1 heterocycles. The van der Waals surface area contributed by atoms with Crippen molar-refractivity contribution in [1.82, 2.24) is 29.7 Å². The molecule has 0 unspecified atom stereocenters. The monoisotopic (exact) mass is 474 g/mol. The number of nitrogens with zero attached hydrogens (tertiary/aromatic N) is 3. The topological polar surface area (TPSA) is 181 Å². The number of ether oxygens (including phenoxy) is 3. The average molecular weight is 474 g/mol. The van der Waals surface area contributed by atoms with Gasteiger partial charge in [0.25, 0.3) is 0 Å². The molecule has 0 aromatic carbocycles. The molecule has 1 aromatic rings. The van der Waals surface area contributed by atoms with Crippen LogP contribution in [0.25, 0.3) is 0 Å². The Balaban J connectivity index is 3.06.